The second-order valence-corrected chi connectivity index (χ2v) is 7.94. The zero-order chi connectivity index (χ0) is 19.5. The van der Waals surface area contributed by atoms with Gasteiger partial charge in [0, 0.05) is 30.6 Å². The molecule has 1 fully saturated rings. The van der Waals surface area contributed by atoms with Crippen molar-refractivity contribution >= 4 is 22.4 Å². The van der Waals surface area contributed by atoms with Crippen LogP contribution in [0.2, 0.25) is 0 Å². The van der Waals surface area contributed by atoms with E-state index in [0.717, 1.165) is 36.6 Å². The fourth-order valence-electron chi connectivity index (χ4n) is 3.44. The number of aromatic amines is 1. The molecule has 0 aliphatic carbocycles. The number of H-pyrrole nitrogens is 1. The Morgan fingerprint density at radius 2 is 2.04 bits per heavy atom. The Hall–Kier alpha value is -2.55. The summed E-state index contributed by atoms with van der Waals surface area (Å²) in [5.74, 6) is -0.246. The minimum absolute atomic E-state index is 0.223. The highest BCUT2D eigenvalue weighted by Gasteiger charge is 2.23. The maximum atomic E-state index is 12.5. The van der Waals surface area contributed by atoms with Crippen molar-refractivity contribution in [1.29, 1.82) is 0 Å². The molecule has 0 saturated carbocycles. The van der Waals surface area contributed by atoms with Crippen LogP contribution in [0, 0.1) is 0 Å². The summed E-state index contributed by atoms with van der Waals surface area (Å²) in [4.78, 5) is 19.4. The Morgan fingerprint density at radius 3 is 2.79 bits per heavy atom. The van der Waals surface area contributed by atoms with E-state index in [2.05, 4.69) is 39.2 Å². The molecule has 0 spiro atoms. The van der Waals surface area contributed by atoms with Crippen LogP contribution in [0.15, 0.2) is 41.8 Å². The Morgan fingerprint density at radius 1 is 1.29 bits per heavy atom. The highest BCUT2D eigenvalue weighted by atomic mass is 32.1. The van der Waals surface area contributed by atoms with E-state index in [-0.39, 0.29) is 18.1 Å². The number of amides is 1. The summed E-state index contributed by atoms with van der Waals surface area (Å²) < 4.78 is 5.77. The van der Waals surface area contributed by atoms with Gasteiger partial charge < -0.3 is 4.74 Å². The van der Waals surface area contributed by atoms with Crippen molar-refractivity contribution in [2.75, 3.05) is 18.4 Å². The number of carbonyl (C=O) groups excluding carboxylic acids is 1. The maximum absolute atomic E-state index is 12.5. The highest BCUT2D eigenvalue weighted by molar-refractivity contribution is 7.13. The fourth-order valence-corrected chi connectivity index (χ4v) is 4.14. The molecule has 2 aromatic heterocycles. The van der Waals surface area contributed by atoms with E-state index in [9.17, 15) is 4.79 Å². The average Bonchev–Trinajstić information content (AvgIpc) is 3.31. The smallest absolute Gasteiger partial charge is 0.275 e. The summed E-state index contributed by atoms with van der Waals surface area (Å²) in [7, 11) is 0. The van der Waals surface area contributed by atoms with E-state index in [1.165, 1.54) is 11.3 Å². The van der Waals surface area contributed by atoms with Gasteiger partial charge in [-0.1, -0.05) is 30.3 Å². The number of carbonyl (C=O) groups is 1. The first-order chi connectivity index (χ1) is 13.6. The Labute approximate surface area is 167 Å². The number of aromatic nitrogens is 3. The monoisotopic (exact) mass is 397 g/mol. The molecular formula is C20H23N5O2S. The van der Waals surface area contributed by atoms with Crippen LogP contribution in [-0.2, 0) is 11.3 Å². The molecule has 8 heteroatoms. The first kappa shape index (κ1) is 18.8. The molecule has 28 heavy (non-hydrogen) atoms. The highest BCUT2D eigenvalue weighted by Crippen LogP contribution is 2.21. The summed E-state index contributed by atoms with van der Waals surface area (Å²) in [6.45, 7) is 6.71. The van der Waals surface area contributed by atoms with Crippen LogP contribution in [0.25, 0.3) is 11.3 Å². The normalized spacial score (nSPS) is 20.2. The predicted molar refractivity (Wildman–Crippen MR) is 109 cm³/mol. The minimum Gasteiger partial charge on any atom is -0.373 e. The van der Waals surface area contributed by atoms with Crippen LogP contribution >= 0.6 is 11.3 Å². The lowest BCUT2D eigenvalue weighted by molar-refractivity contribution is -0.0707. The number of anilines is 1. The molecule has 2 N–H and O–H groups in total. The van der Waals surface area contributed by atoms with Gasteiger partial charge in [-0.05, 0) is 19.9 Å². The molecule has 1 aliphatic heterocycles. The van der Waals surface area contributed by atoms with E-state index in [0.29, 0.717) is 10.8 Å². The SMILES string of the molecule is C[C@H]1CN(Cc2csc(NC(=O)c3cc(-c4ccccc4)n[nH]3)n2)C[C@H](C)O1. The van der Waals surface area contributed by atoms with Crippen LogP contribution < -0.4 is 5.32 Å². The molecule has 7 nitrogen and oxygen atoms in total. The van der Waals surface area contributed by atoms with Gasteiger partial charge >= 0.3 is 0 Å². The van der Waals surface area contributed by atoms with E-state index < -0.39 is 0 Å². The first-order valence-electron chi connectivity index (χ1n) is 9.31. The number of rotatable bonds is 5. The molecular weight excluding hydrogens is 374 g/mol. The van der Waals surface area contributed by atoms with E-state index >= 15 is 0 Å². The molecule has 146 valence electrons. The number of nitrogens with zero attached hydrogens (tertiary/aromatic N) is 3. The number of morpholine rings is 1. The average molecular weight is 398 g/mol. The van der Waals surface area contributed by atoms with Crippen LogP contribution in [0.1, 0.15) is 30.0 Å². The van der Waals surface area contributed by atoms with Crippen molar-refractivity contribution in [2.45, 2.75) is 32.6 Å². The van der Waals surface area contributed by atoms with Crippen LogP contribution in [0.4, 0.5) is 5.13 Å². The molecule has 3 heterocycles. The molecule has 0 radical (unpaired) electrons. The number of hydrogen-bond acceptors (Lipinski definition) is 6. The summed E-state index contributed by atoms with van der Waals surface area (Å²) in [6, 6.07) is 11.5. The van der Waals surface area contributed by atoms with Gasteiger partial charge in [-0.25, -0.2) is 4.98 Å². The molecule has 1 aliphatic rings. The summed E-state index contributed by atoms with van der Waals surface area (Å²) >= 11 is 1.43. The van der Waals surface area contributed by atoms with Gasteiger partial charge in [0.05, 0.1) is 23.6 Å². The molecule has 1 aromatic carbocycles. The van der Waals surface area contributed by atoms with Crippen molar-refractivity contribution in [1.82, 2.24) is 20.1 Å². The molecule has 0 unspecified atom stereocenters. The Kier molecular flexibility index (Phi) is 5.52. The lowest BCUT2D eigenvalue weighted by atomic mass is 10.1. The molecule has 3 aromatic rings. The van der Waals surface area contributed by atoms with Gasteiger partial charge in [-0.2, -0.15) is 5.10 Å². The van der Waals surface area contributed by atoms with Gasteiger partial charge in [-0.3, -0.25) is 20.1 Å². The van der Waals surface area contributed by atoms with E-state index in [4.69, 9.17) is 4.74 Å². The third-order valence-corrected chi connectivity index (χ3v) is 5.35. The molecule has 1 amide bonds. The standard InChI is InChI=1S/C20H23N5O2S/c1-13-9-25(10-14(2)27-13)11-16-12-28-20(21-16)22-19(26)18-8-17(23-24-18)15-6-4-3-5-7-15/h3-8,12-14H,9-11H2,1-2H3,(H,23,24)(H,21,22,26)/t13-,14-/m0/s1. The van der Waals surface area contributed by atoms with Crippen molar-refractivity contribution in [3.05, 3.63) is 53.2 Å². The lowest BCUT2D eigenvalue weighted by Gasteiger charge is -2.34. The third kappa shape index (κ3) is 4.46. The second kappa shape index (κ2) is 8.22. The van der Waals surface area contributed by atoms with Crippen LogP contribution in [0.5, 0.6) is 0 Å². The van der Waals surface area contributed by atoms with E-state index in [1.54, 1.807) is 6.07 Å². The minimum atomic E-state index is -0.246. The zero-order valence-electron chi connectivity index (χ0n) is 15.9. The lowest BCUT2D eigenvalue weighted by Crippen LogP contribution is -2.44. The third-order valence-electron chi connectivity index (χ3n) is 4.55. The second-order valence-electron chi connectivity index (χ2n) is 7.08. The van der Waals surface area contributed by atoms with E-state index in [1.807, 2.05) is 35.7 Å². The van der Waals surface area contributed by atoms with Crippen molar-refractivity contribution < 1.29 is 9.53 Å². The van der Waals surface area contributed by atoms with Crippen molar-refractivity contribution in [3.63, 3.8) is 0 Å². The molecule has 1 saturated heterocycles. The van der Waals surface area contributed by atoms with Gasteiger partial charge in [0.2, 0.25) is 0 Å². The largest absolute Gasteiger partial charge is 0.373 e. The molecule has 4 rings (SSSR count). The van der Waals surface area contributed by atoms with Gasteiger partial charge in [0.1, 0.15) is 5.69 Å². The Bertz CT molecular complexity index is 929. The van der Waals surface area contributed by atoms with Gasteiger partial charge in [0.15, 0.2) is 5.13 Å². The summed E-state index contributed by atoms with van der Waals surface area (Å²) in [5, 5.41) is 12.5. The quantitative estimate of drug-likeness (QED) is 0.689. The van der Waals surface area contributed by atoms with Crippen LogP contribution in [0.3, 0.4) is 0 Å². The maximum Gasteiger partial charge on any atom is 0.275 e. The summed E-state index contributed by atoms with van der Waals surface area (Å²) in [6.07, 6.45) is 0.446. The number of thiazole rings is 1. The molecule has 2 atom stereocenters. The Balaban J connectivity index is 1.37. The zero-order valence-corrected chi connectivity index (χ0v) is 16.7. The van der Waals surface area contributed by atoms with Crippen molar-refractivity contribution in [3.8, 4) is 11.3 Å². The summed E-state index contributed by atoms with van der Waals surface area (Å²) in [5.41, 5.74) is 3.06. The predicted octanol–water partition coefficient (Wildman–Crippen LogP) is 3.39. The van der Waals surface area contributed by atoms with Crippen LogP contribution in [-0.4, -0.2) is 51.3 Å². The number of ether oxygens (including phenoxy) is 1. The van der Waals surface area contributed by atoms with Gasteiger partial charge in [0.25, 0.3) is 5.91 Å². The number of benzene rings is 1. The number of hydrogen-bond donors (Lipinski definition) is 2. The fraction of sp³-hybridized carbons (Fsp3) is 0.350. The molecule has 0 bridgehead atoms. The van der Waals surface area contributed by atoms with Gasteiger partial charge in [-0.15, -0.1) is 11.3 Å². The number of nitrogens with one attached hydrogen (secondary N) is 2. The first-order valence-corrected chi connectivity index (χ1v) is 10.2. The van der Waals surface area contributed by atoms with Crippen molar-refractivity contribution in [2.24, 2.45) is 0 Å². The topological polar surface area (TPSA) is 83.1 Å².